The minimum atomic E-state index is -4.83. The number of sulfonamides is 1. The summed E-state index contributed by atoms with van der Waals surface area (Å²) in [5, 5.41) is 2.25. The molecule has 0 aliphatic heterocycles. The molecule has 0 aliphatic rings. The lowest BCUT2D eigenvalue weighted by molar-refractivity contribution is -0.137. The smallest absolute Gasteiger partial charge is 0.344 e. The van der Waals surface area contributed by atoms with Crippen LogP contribution in [0, 0.1) is 0 Å². The van der Waals surface area contributed by atoms with Gasteiger partial charge in [-0.2, -0.15) is 13.2 Å². The minimum Gasteiger partial charge on any atom is -0.344 e. The van der Waals surface area contributed by atoms with E-state index in [4.69, 9.17) is 11.6 Å². The fourth-order valence-electron chi connectivity index (χ4n) is 3.91. The molecule has 0 saturated heterocycles. The third-order valence-corrected chi connectivity index (χ3v) is 7.85. The number of halogens is 4. The van der Waals surface area contributed by atoms with E-state index in [1.165, 1.54) is 24.3 Å². The lowest BCUT2D eigenvalue weighted by Crippen LogP contribution is -2.42. The van der Waals surface area contributed by atoms with Gasteiger partial charge in [0.25, 0.3) is 10.0 Å². The number of carbonyl (C=O) groups is 1. The van der Waals surface area contributed by atoms with Crippen molar-refractivity contribution in [1.29, 1.82) is 0 Å². The summed E-state index contributed by atoms with van der Waals surface area (Å²) in [6.07, 6.45) is -4.83. The average molecular weight is 559 g/mol. The van der Waals surface area contributed by atoms with E-state index in [0.29, 0.717) is 10.4 Å². The molecular formula is C28H22ClF3N2O3S. The quantitative estimate of drug-likeness (QED) is 0.270. The topological polar surface area (TPSA) is 66.5 Å². The van der Waals surface area contributed by atoms with Crippen molar-refractivity contribution in [2.75, 3.05) is 10.8 Å². The van der Waals surface area contributed by atoms with E-state index >= 15 is 0 Å². The summed E-state index contributed by atoms with van der Waals surface area (Å²) in [6, 6.07) is 27.4. The summed E-state index contributed by atoms with van der Waals surface area (Å²) in [5.41, 5.74) is -0.0702. The first-order valence-corrected chi connectivity index (χ1v) is 13.2. The van der Waals surface area contributed by atoms with Gasteiger partial charge in [0.2, 0.25) is 5.91 Å². The molecule has 1 amide bonds. The third-order valence-electron chi connectivity index (χ3n) is 5.73. The van der Waals surface area contributed by atoms with E-state index in [1.807, 2.05) is 36.4 Å². The summed E-state index contributed by atoms with van der Waals surface area (Å²) < 4.78 is 68.6. The van der Waals surface area contributed by atoms with Crippen molar-refractivity contribution in [3.63, 3.8) is 0 Å². The molecule has 5 nitrogen and oxygen atoms in total. The van der Waals surface area contributed by atoms with Crippen molar-refractivity contribution in [3.8, 4) is 0 Å². The molecule has 0 fully saturated rings. The molecule has 4 rings (SSSR count). The van der Waals surface area contributed by atoms with E-state index in [1.54, 1.807) is 30.3 Å². The first kappa shape index (κ1) is 27.2. The Hall–Kier alpha value is -3.82. The van der Waals surface area contributed by atoms with Crippen molar-refractivity contribution in [2.24, 2.45) is 0 Å². The van der Waals surface area contributed by atoms with Gasteiger partial charge in [-0.05, 0) is 41.5 Å². The molecule has 4 aromatic rings. The highest BCUT2D eigenvalue weighted by molar-refractivity contribution is 7.92. The molecule has 4 aromatic carbocycles. The van der Waals surface area contributed by atoms with Gasteiger partial charge in [0.15, 0.2) is 0 Å². The van der Waals surface area contributed by atoms with E-state index in [0.717, 1.165) is 23.3 Å². The van der Waals surface area contributed by atoms with Gasteiger partial charge in [-0.25, -0.2) is 8.42 Å². The molecule has 0 saturated carbocycles. The van der Waals surface area contributed by atoms with E-state index in [-0.39, 0.29) is 10.6 Å². The number of benzene rings is 4. The van der Waals surface area contributed by atoms with Crippen LogP contribution in [0.4, 0.5) is 18.9 Å². The molecule has 1 N–H and O–H groups in total. The lowest BCUT2D eigenvalue weighted by atomic mass is 9.99. The van der Waals surface area contributed by atoms with Crippen molar-refractivity contribution in [2.45, 2.75) is 17.1 Å². The van der Waals surface area contributed by atoms with Crippen molar-refractivity contribution >= 4 is 33.2 Å². The number of amides is 1. The van der Waals surface area contributed by atoms with E-state index in [2.05, 4.69) is 5.32 Å². The van der Waals surface area contributed by atoms with Gasteiger partial charge in [0.05, 0.1) is 27.2 Å². The molecule has 38 heavy (non-hydrogen) atoms. The molecule has 0 radical (unpaired) electrons. The molecule has 0 aromatic heterocycles. The predicted octanol–water partition coefficient (Wildman–Crippen LogP) is 6.46. The van der Waals surface area contributed by atoms with E-state index in [9.17, 15) is 26.4 Å². The number of carbonyl (C=O) groups excluding carboxylic acids is 1. The van der Waals surface area contributed by atoms with Crippen LogP contribution in [0.25, 0.3) is 0 Å². The van der Waals surface area contributed by atoms with Gasteiger partial charge in [-0.3, -0.25) is 9.10 Å². The van der Waals surface area contributed by atoms with Crippen LogP contribution in [0.2, 0.25) is 5.02 Å². The second kappa shape index (κ2) is 11.3. The van der Waals surface area contributed by atoms with Crippen LogP contribution < -0.4 is 9.62 Å². The number of hydrogen-bond acceptors (Lipinski definition) is 3. The van der Waals surface area contributed by atoms with Crippen LogP contribution >= 0.6 is 11.6 Å². The Balaban J connectivity index is 1.74. The number of alkyl halides is 3. The molecule has 0 heterocycles. The number of anilines is 1. The van der Waals surface area contributed by atoms with Gasteiger partial charge in [-0.15, -0.1) is 0 Å². The molecule has 0 bridgehead atoms. The Morgan fingerprint density at radius 2 is 1.32 bits per heavy atom. The molecule has 0 aliphatic carbocycles. The molecule has 196 valence electrons. The summed E-state index contributed by atoms with van der Waals surface area (Å²) in [5.74, 6) is -0.717. The van der Waals surface area contributed by atoms with Crippen LogP contribution in [0.5, 0.6) is 0 Å². The van der Waals surface area contributed by atoms with E-state index < -0.39 is 45.3 Å². The van der Waals surface area contributed by atoms with Crippen molar-refractivity contribution in [1.82, 2.24) is 5.32 Å². The SMILES string of the molecule is O=C(CN(c1ccc(Cl)c(C(F)(F)F)c1)S(=O)(=O)c1ccccc1)NC(c1ccccc1)c1ccccc1. The van der Waals surface area contributed by atoms with Gasteiger partial charge in [-0.1, -0.05) is 90.5 Å². The van der Waals surface area contributed by atoms with Crippen LogP contribution in [0.1, 0.15) is 22.7 Å². The van der Waals surface area contributed by atoms with Gasteiger partial charge in [0.1, 0.15) is 6.54 Å². The van der Waals surface area contributed by atoms with Gasteiger partial charge >= 0.3 is 6.18 Å². The average Bonchev–Trinajstić information content (AvgIpc) is 2.91. The predicted molar refractivity (Wildman–Crippen MR) is 140 cm³/mol. The highest BCUT2D eigenvalue weighted by Crippen LogP contribution is 2.38. The van der Waals surface area contributed by atoms with Crippen molar-refractivity contribution in [3.05, 3.63) is 131 Å². The lowest BCUT2D eigenvalue weighted by Gasteiger charge is -2.27. The first-order valence-electron chi connectivity index (χ1n) is 11.4. The summed E-state index contributed by atoms with van der Waals surface area (Å²) in [4.78, 5) is 13.2. The minimum absolute atomic E-state index is 0.182. The highest BCUT2D eigenvalue weighted by Gasteiger charge is 2.35. The fraction of sp³-hybridized carbons (Fsp3) is 0.107. The Morgan fingerprint density at radius 3 is 1.82 bits per heavy atom. The number of nitrogens with one attached hydrogen (secondary N) is 1. The number of nitrogens with zero attached hydrogens (tertiary/aromatic N) is 1. The zero-order chi connectivity index (χ0) is 27.3. The van der Waals surface area contributed by atoms with Gasteiger partial charge < -0.3 is 5.32 Å². The fourth-order valence-corrected chi connectivity index (χ4v) is 5.57. The van der Waals surface area contributed by atoms with Crippen LogP contribution in [-0.4, -0.2) is 20.9 Å². The zero-order valence-electron chi connectivity index (χ0n) is 19.8. The number of hydrogen-bond donors (Lipinski definition) is 1. The maximum Gasteiger partial charge on any atom is 0.417 e. The Kier molecular flexibility index (Phi) is 8.08. The summed E-state index contributed by atoms with van der Waals surface area (Å²) in [6.45, 7) is -0.772. The largest absolute Gasteiger partial charge is 0.417 e. The van der Waals surface area contributed by atoms with Crippen LogP contribution in [0.3, 0.4) is 0 Å². The summed E-state index contributed by atoms with van der Waals surface area (Å²) in [7, 11) is -4.43. The molecule has 0 atom stereocenters. The van der Waals surface area contributed by atoms with Crippen molar-refractivity contribution < 1.29 is 26.4 Å². The maximum absolute atomic E-state index is 13.6. The Labute approximate surface area is 223 Å². The zero-order valence-corrected chi connectivity index (χ0v) is 21.3. The molecule has 0 spiro atoms. The van der Waals surface area contributed by atoms with Gasteiger partial charge in [0, 0.05) is 0 Å². The van der Waals surface area contributed by atoms with Crippen LogP contribution in [0.15, 0.2) is 114 Å². The Morgan fingerprint density at radius 1 is 0.816 bits per heavy atom. The third kappa shape index (κ3) is 6.17. The second-order valence-electron chi connectivity index (χ2n) is 8.31. The monoisotopic (exact) mass is 558 g/mol. The Bertz CT molecular complexity index is 1460. The molecule has 0 unspecified atom stereocenters. The highest BCUT2D eigenvalue weighted by atomic mass is 35.5. The standard InChI is InChI=1S/C28H22ClF3N2O3S/c29-25-17-16-22(18-24(25)28(30,31)32)34(38(36,37)23-14-8-3-9-15-23)19-26(35)33-27(20-10-4-1-5-11-20)21-12-6-2-7-13-21/h1-18,27H,19H2,(H,33,35). The molecule has 10 heteroatoms. The first-order chi connectivity index (χ1) is 18.1. The second-order valence-corrected chi connectivity index (χ2v) is 10.6. The maximum atomic E-state index is 13.6. The van der Waals surface area contributed by atoms with Crippen LogP contribution in [-0.2, 0) is 21.0 Å². The number of rotatable bonds is 8. The summed E-state index contributed by atoms with van der Waals surface area (Å²) >= 11 is 5.76. The normalized spacial score (nSPS) is 11.8. The molecular weight excluding hydrogens is 537 g/mol.